The number of para-hydroxylation sites is 3. The number of nitrogens with one attached hydrogen (secondary N) is 1. The number of Topliss-reactive ketones (excluding diaryl/α,β-unsaturated/α-hetero) is 1. The molecule has 178 valence electrons. The van der Waals surface area contributed by atoms with Gasteiger partial charge in [-0.15, -0.1) is 0 Å². The Morgan fingerprint density at radius 2 is 1.65 bits per heavy atom. The first-order valence-electron chi connectivity index (χ1n) is 12.3. The van der Waals surface area contributed by atoms with Crippen molar-refractivity contribution in [3.63, 3.8) is 0 Å². The maximum Gasteiger partial charge on any atom is 0.242 e. The van der Waals surface area contributed by atoms with Gasteiger partial charge in [0.05, 0.1) is 24.0 Å². The van der Waals surface area contributed by atoms with Gasteiger partial charge in [0.2, 0.25) is 5.91 Å². The van der Waals surface area contributed by atoms with Crippen molar-refractivity contribution >= 4 is 28.8 Å². The third-order valence-corrected chi connectivity index (χ3v) is 7.36. The predicted octanol–water partition coefficient (Wildman–Crippen LogP) is 4.30. The number of nitrogens with zero attached hydrogens (tertiary/aromatic N) is 3. The first kappa shape index (κ1) is 22.5. The highest BCUT2D eigenvalue weighted by molar-refractivity contribution is 6.01. The molecule has 1 saturated heterocycles. The van der Waals surface area contributed by atoms with E-state index in [0.717, 1.165) is 42.2 Å². The molecule has 2 aromatic carbocycles. The topological polar surface area (TPSA) is 55.9 Å². The van der Waals surface area contributed by atoms with E-state index in [-0.39, 0.29) is 29.7 Å². The van der Waals surface area contributed by atoms with E-state index in [0.29, 0.717) is 19.5 Å². The van der Waals surface area contributed by atoms with Gasteiger partial charge in [0.15, 0.2) is 5.78 Å². The molecular weight excluding hydrogens is 424 g/mol. The number of ketones is 1. The second-order valence-electron chi connectivity index (χ2n) is 10.5. The molecule has 0 bridgehead atoms. The number of amides is 1. The summed E-state index contributed by atoms with van der Waals surface area (Å²) in [6.45, 7) is 9.68. The zero-order valence-corrected chi connectivity index (χ0v) is 20.4. The number of fused-ring (bicyclic) bond motifs is 1. The molecule has 5 rings (SSSR count). The molecule has 3 aliphatic rings. The van der Waals surface area contributed by atoms with Gasteiger partial charge in [-0.05, 0) is 43.0 Å². The van der Waals surface area contributed by atoms with Gasteiger partial charge in [-0.3, -0.25) is 9.59 Å². The molecule has 1 unspecified atom stereocenters. The first-order chi connectivity index (χ1) is 16.3. The van der Waals surface area contributed by atoms with Crippen LogP contribution in [0.5, 0.6) is 0 Å². The molecule has 1 N–H and O–H groups in total. The van der Waals surface area contributed by atoms with Crippen LogP contribution in [0.15, 0.2) is 65.9 Å². The van der Waals surface area contributed by atoms with Gasteiger partial charge in [-0.2, -0.15) is 0 Å². The largest absolute Gasteiger partial charge is 0.368 e. The lowest BCUT2D eigenvalue weighted by atomic mass is 9.74. The molecule has 6 heteroatoms. The summed E-state index contributed by atoms with van der Waals surface area (Å²) in [4.78, 5) is 33.1. The molecule has 1 amide bonds. The molecule has 1 fully saturated rings. The van der Waals surface area contributed by atoms with Crippen molar-refractivity contribution in [2.75, 3.05) is 47.8 Å². The Labute approximate surface area is 202 Å². The average molecular weight is 459 g/mol. The van der Waals surface area contributed by atoms with Crippen molar-refractivity contribution in [3.05, 3.63) is 65.9 Å². The van der Waals surface area contributed by atoms with E-state index in [1.54, 1.807) is 0 Å². The van der Waals surface area contributed by atoms with Crippen molar-refractivity contribution in [3.8, 4) is 0 Å². The Hall–Kier alpha value is -3.28. The van der Waals surface area contributed by atoms with Crippen LogP contribution >= 0.6 is 0 Å². The van der Waals surface area contributed by atoms with E-state index in [2.05, 4.69) is 60.2 Å². The van der Waals surface area contributed by atoms with Gasteiger partial charge in [-0.25, -0.2) is 0 Å². The molecule has 2 aliphatic heterocycles. The molecule has 1 aliphatic carbocycles. The fourth-order valence-electron chi connectivity index (χ4n) is 5.61. The van der Waals surface area contributed by atoms with Crippen LogP contribution in [0.2, 0.25) is 0 Å². The molecular formula is C28H34N4O2. The summed E-state index contributed by atoms with van der Waals surface area (Å²) in [6, 6.07) is 18.3. The smallest absolute Gasteiger partial charge is 0.242 e. The van der Waals surface area contributed by atoms with Crippen LogP contribution in [-0.2, 0) is 9.59 Å². The van der Waals surface area contributed by atoms with E-state index < -0.39 is 0 Å². The highest BCUT2D eigenvalue weighted by atomic mass is 16.2. The van der Waals surface area contributed by atoms with Crippen LogP contribution in [0.4, 0.5) is 17.1 Å². The lowest BCUT2D eigenvalue weighted by molar-refractivity contribution is -0.130. The van der Waals surface area contributed by atoms with Crippen molar-refractivity contribution in [2.45, 2.75) is 39.7 Å². The second kappa shape index (κ2) is 8.82. The number of carbonyl (C=O) groups excluding carboxylic acids is 2. The molecule has 34 heavy (non-hydrogen) atoms. The Bertz CT molecular complexity index is 1120. The minimum atomic E-state index is -0.163. The summed E-state index contributed by atoms with van der Waals surface area (Å²) in [7, 11) is 0. The number of piperazine rings is 1. The Morgan fingerprint density at radius 1 is 0.971 bits per heavy atom. The zero-order chi connectivity index (χ0) is 23.9. The standard InChI is InChI=1S/C28H34N4O2/c1-20-27-23(17-28(2,3)18-25(27)33)29-22-11-7-8-12-24(22)32(20)19-26(34)31-15-13-30(14-16-31)21-9-5-4-6-10-21/h4-12,20,29H,13-19H2,1-3H3. The molecule has 2 heterocycles. The second-order valence-corrected chi connectivity index (χ2v) is 10.5. The molecule has 2 aromatic rings. The predicted molar refractivity (Wildman–Crippen MR) is 137 cm³/mol. The summed E-state index contributed by atoms with van der Waals surface area (Å²) in [6.07, 6.45) is 1.37. The summed E-state index contributed by atoms with van der Waals surface area (Å²) in [5.41, 5.74) is 4.91. The molecule has 0 aromatic heterocycles. The number of allylic oxidation sites excluding steroid dienone is 1. The lowest BCUT2D eigenvalue weighted by Gasteiger charge is -2.39. The van der Waals surface area contributed by atoms with E-state index in [9.17, 15) is 9.59 Å². The summed E-state index contributed by atoms with van der Waals surface area (Å²) < 4.78 is 0. The van der Waals surface area contributed by atoms with Gasteiger partial charge in [0, 0.05) is 49.6 Å². The summed E-state index contributed by atoms with van der Waals surface area (Å²) in [5, 5.41) is 3.57. The number of rotatable bonds is 3. The van der Waals surface area contributed by atoms with Crippen molar-refractivity contribution < 1.29 is 9.59 Å². The molecule has 1 atom stereocenters. The number of hydrogen-bond donors (Lipinski definition) is 1. The van der Waals surface area contributed by atoms with Gasteiger partial charge < -0.3 is 20.0 Å². The van der Waals surface area contributed by atoms with E-state index >= 15 is 0 Å². The highest BCUT2D eigenvalue weighted by Crippen LogP contribution is 2.43. The van der Waals surface area contributed by atoms with Crippen LogP contribution in [0.1, 0.15) is 33.6 Å². The van der Waals surface area contributed by atoms with Crippen molar-refractivity contribution in [1.29, 1.82) is 0 Å². The Kier molecular flexibility index (Phi) is 5.84. The van der Waals surface area contributed by atoms with Gasteiger partial charge >= 0.3 is 0 Å². The van der Waals surface area contributed by atoms with Crippen molar-refractivity contribution in [2.24, 2.45) is 5.41 Å². The first-order valence-corrected chi connectivity index (χ1v) is 12.3. The molecule has 0 radical (unpaired) electrons. The van der Waals surface area contributed by atoms with Crippen LogP contribution in [0.25, 0.3) is 0 Å². The van der Waals surface area contributed by atoms with Crippen LogP contribution in [0, 0.1) is 5.41 Å². The Morgan fingerprint density at radius 3 is 2.38 bits per heavy atom. The maximum atomic E-state index is 13.5. The normalized spacial score (nSPS) is 22.0. The quantitative estimate of drug-likeness (QED) is 0.743. The minimum absolute atomic E-state index is 0.0685. The SMILES string of the molecule is CC1C2=C(CC(C)(C)CC2=O)Nc2ccccc2N1CC(=O)N1CCN(c2ccccc2)CC1. The number of benzene rings is 2. The maximum absolute atomic E-state index is 13.5. The third-order valence-electron chi connectivity index (χ3n) is 7.36. The van der Waals surface area contributed by atoms with E-state index in [1.807, 2.05) is 35.2 Å². The summed E-state index contributed by atoms with van der Waals surface area (Å²) in [5.74, 6) is 0.301. The monoisotopic (exact) mass is 458 g/mol. The average Bonchev–Trinajstić information content (AvgIpc) is 2.93. The minimum Gasteiger partial charge on any atom is -0.368 e. The third kappa shape index (κ3) is 4.29. The van der Waals surface area contributed by atoms with Crippen LogP contribution in [-0.4, -0.2) is 55.4 Å². The van der Waals surface area contributed by atoms with Crippen LogP contribution < -0.4 is 15.1 Å². The van der Waals surface area contributed by atoms with Crippen molar-refractivity contribution in [1.82, 2.24) is 4.90 Å². The Balaban J connectivity index is 1.36. The molecule has 0 spiro atoms. The van der Waals surface area contributed by atoms with E-state index in [1.165, 1.54) is 5.69 Å². The highest BCUT2D eigenvalue weighted by Gasteiger charge is 2.39. The van der Waals surface area contributed by atoms with Crippen LogP contribution in [0.3, 0.4) is 0 Å². The van der Waals surface area contributed by atoms with Gasteiger partial charge in [0.25, 0.3) is 0 Å². The summed E-state index contributed by atoms with van der Waals surface area (Å²) >= 11 is 0. The zero-order valence-electron chi connectivity index (χ0n) is 20.4. The molecule has 6 nitrogen and oxygen atoms in total. The van der Waals surface area contributed by atoms with Gasteiger partial charge in [-0.1, -0.05) is 44.2 Å². The lowest BCUT2D eigenvalue weighted by Crippen LogP contribution is -2.52. The number of anilines is 3. The molecule has 0 saturated carbocycles. The fourth-order valence-corrected chi connectivity index (χ4v) is 5.61. The number of hydrogen-bond acceptors (Lipinski definition) is 5. The van der Waals surface area contributed by atoms with Gasteiger partial charge in [0.1, 0.15) is 0 Å². The van der Waals surface area contributed by atoms with E-state index in [4.69, 9.17) is 0 Å². The number of carbonyl (C=O) groups is 2. The fraction of sp³-hybridized carbons (Fsp3) is 0.429.